The molecule has 198 valence electrons. The summed E-state index contributed by atoms with van der Waals surface area (Å²) >= 11 is 0. The van der Waals surface area contributed by atoms with E-state index in [-0.39, 0.29) is 12.7 Å². The van der Waals surface area contributed by atoms with Crippen molar-refractivity contribution in [2.24, 2.45) is 0 Å². The van der Waals surface area contributed by atoms with Crippen LogP contribution in [0.3, 0.4) is 0 Å². The Morgan fingerprint density at radius 1 is 0.618 bits per heavy atom. The zero-order chi connectivity index (χ0) is 24.5. The van der Waals surface area contributed by atoms with E-state index in [0.29, 0.717) is 13.2 Å². The summed E-state index contributed by atoms with van der Waals surface area (Å²) in [5.74, 6) is -1.02. The average Bonchev–Trinajstić information content (AvgIpc) is 3.67. The molecule has 1 heterocycles. The van der Waals surface area contributed by atoms with Gasteiger partial charge in [0.05, 0.1) is 13.2 Å². The lowest BCUT2D eigenvalue weighted by atomic mass is 10.0. The van der Waals surface area contributed by atoms with Crippen LogP contribution in [0.4, 0.5) is 0 Å². The van der Waals surface area contributed by atoms with Crippen LogP contribution in [0.1, 0.15) is 135 Å². The van der Waals surface area contributed by atoms with Crippen LogP contribution in [0.2, 0.25) is 0 Å². The summed E-state index contributed by atoms with van der Waals surface area (Å²) < 4.78 is 15.0. The van der Waals surface area contributed by atoms with E-state index in [1.807, 2.05) is 0 Å². The number of carbonyl (C=O) groups is 2. The molecule has 5 nitrogen and oxygen atoms in total. The van der Waals surface area contributed by atoms with Gasteiger partial charge in [-0.2, -0.15) is 0 Å². The first-order valence-electron chi connectivity index (χ1n) is 14.4. The third kappa shape index (κ3) is 22.4. The van der Waals surface area contributed by atoms with Gasteiger partial charge in [0.1, 0.15) is 12.7 Å². The van der Waals surface area contributed by atoms with E-state index < -0.39 is 11.9 Å². The number of rotatable bonds is 25. The summed E-state index contributed by atoms with van der Waals surface area (Å²) in [6, 6.07) is 0. The third-order valence-corrected chi connectivity index (χ3v) is 6.41. The molecule has 0 saturated carbocycles. The molecule has 1 aliphatic heterocycles. The van der Waals surface area contributed by atoms with Gasteiger partial charge in [-0.25, -0.2) is 9.59 Å². The maximum absolute atomic E-state index is 11.6. The highest BCUT2D eigenvalue weighted by molar-refractivity contribution is 5.91. The van der Waals surface area contributed by atoms with Crippen molar-refractivity contribution >= 4 is 11.9 Å². The summed E-state index contributed by atoms with van der Waals surface area (Å²) in [5.41, 5.74) is 0. The van der Waals surface area contributed by atoms with E-state index in [9.17, 15) is 9.59 Å². The molecule has 1 aliphatic rings. The van der Waals surface area contributed by atoms with Crippen LogP contribution in [0.5, 0.6) is 0 Å². The lowest BCUT2D eigenvalue weighted by Crippen LogP contribution is -2.08. The minimum absolute atomic E-state index is 0.0310. The molecule has 5 heteroatoms. The van der Waals surface area contributed by atoms with Crippen LogP contribution in [0.25, 0.3) is 0 Å². The molecule has 1 fully saturated rings. The molecule has 0 aromatic heterocycles. The molecular formula is C29H52O5. The molecule has 0 amide bonds. The van der Waals surface area contributed by atoms with Crippen molar-refractivity contribution in [1.29, 1.82) is 0 Å². The highest BCUT2D eigenvalue weighted by Gasteiger charge is 2.23. The molecule has 0 spiro atoms. The normalized spacial score (nSPS) is 15.0. The van der Waals surface area contributed by atoms with Gasteiger partial charge in [-0.1, -0.05) is 129 Å². The molecule has 0 bridgehead atoms. The van der Waals surface area contributed by atoms with Crippen molar-refractivity contribution in [1.82, 2.24) is 0 Å². The zero-order valence-corrected chi connectivity index (χ0v) is 22.0. The Labute approximate surface area is 209 Å². The quantitative estimate of drug-likeness (QED) is 0.0576. The summed E-state index contributed by atoms with van der Waals surface area (Å²) in [7, 11) is 0. The SMILES string of the molecule is CCCCCCCCCCCCCCCCCCCCCCOC(=O)/C=C\C(=O)OCC1CO1. The van der Waals surface area contributed by atoms with Gasteiger partial charge < -0.3 is 14.2 Å². The van der Waals surface area contributed by atoms with E-state index in [1.54, 1.807) is 0 Å². The van der Waals surface area contributed by atoms with Gasteiger partial charge in [0, 0.05) is 12.2 Å². The second-order valence-corrected chi connectivity index (χ2v) is 9.80. The molecule has 1 atom stereocenters. The summed E-state index contributed by atoms with van der Waals surface area (Å²) in [4.78, 5) is 22.9. The topological polar surface area (TPSA) is 65.1 Å². The van der Waals surface area contributed by atoms with Crippen LogP contribution in [-0.4, -0.2) is 37.9 Å². The van der Waals surface area contributed by atoms with Gasteiger partial charge >= 0.3 is 11.9 Å². The number of esters is 2. The molecule has 0 radical (unpaired) electrons. The fourth-order valence-corrected chi connectivity index (χ4v) is 4.10. The minimum Gasteiger partial charge on any atom is -0.463 e. The highest BCUT2D eigenvalue weighted by Crippen LogP contribution is 2.15. The Bertz CT molecular complexity index is 513. The molecule has 1 unspecified atom stereocenters. The summed E-state index contributed by atoms with van der Waals surface area (Å²) in [6.45, 7) is 3.58. The Morgan fingerprint density at radius 2 is 0.971 bits per heavy atom. The first kappa shape index (κ1) is 30.7. The molecule has 0 aliphatic carbocycles. The number of carbonyl (C=O) groups excluding carboxylic acids is 2. The standard InChI is InChI=1S/C29H52O5/c1-2-3-4-5-6-7-8-9-10-11-12-13-14-15-16-17-18-19-20-21-24-32-28(30)22-23-29(31)34-26-27-25-33-27/h22-23,27H,2-21,24-26H2,1H3/b23-22-. The second-order valence-electron chi connectivity index (χ2n) is 9.80. The van der Waals surface area contributed by atoms with Gasteiger partial charge in [-0.05, 0) is 6.42 Å². The predicted molar refractivity (Wildman–Crippen MR) is 139 cm³/mol. The Morgan fingerprint density at radius 3 is 1.35 bits per heavy atom. The monoisotopic (exact) mass is 480 g/mol. The minimum atomic E-state index is -0.536. The van der Waals surface area contributed by atoms with Crippen molar-refractivity contribution < 1.29 is 23.8 Å². The van der Waals surface area contributed by atoms with Crippen LogP contribution in [-0.2, 0) is 23.8 Å². The summed E-state index contributed by atoms with van der Waals surface area (Å²) in [6.07, 6.45) is 29.2. The van der Waals surface area contributed by atoms with Crippen molar-refractivity contribution in [2.75, 3.05) is 19.8 Å². The molecule has 34 heavy (non-hydrogen) atoms. The zero-order valence-electron chi connectivity index (χ0n) is 22.0. The van der Waals surface area contributed by atoms with Crippen molar-refractivity contribution in [3.63, 3.8) is 0 Å². The number of epoxide rings is 1. The van der Waals surface area contributed by atoms with E-state index in [0.717, 1.165) is 25.0 Å². The molecule has 1 rings (SSSR count). The second kappa shape index (κ2) is 23.4. The van der Waals surface area contributed by atoms with Crippen LogP contribution < -0.4 is 0 Å². The van der Waals surface area contributed by atoms with Crippen molar-refractivity contribution in [3.8, 4) is 0 Å². The van der Waals surface area contributed by atoms with Gasteiger partial charge in [0.15, 0.2) is 0 Å². The highest BCUT2D eigenvalue weighted by atomic mass is 16.6. The van der Waals surface area contributed by atoms with Crippen LogP contribution >= 0.6 is 0 Å². The summed E-state index contributed by atoms with van der Waals surface area (Å²) in [5, 5.41) is 0. The number of ether oxygens (including phenoxy) is 3. The fraction of sp³-hybridized carbons (Fsp3) is 0.862. The molecule has 0 N–H and O–H groups in total. The van der Waals surface area contributed by atoms with E-state index in [4.69, 9.17) is 14.2 Å². The Hall–Kier alpha value is -1.36. The first-order valence-corrected chi connectivity index (χ1v) is 14.4. The third-order valence-electron chi connectivity index (χ3n) is 6.41. The maximum atomic E-state index is 11.6. The largest absolute Gasteiger partial charge is 0.463 e. The van der Waals surface area contributed by atoms with Crippen LogP contribution in [0, 0.1) is 0 Å². The van der Waals surface area contributed by atoms with Gasteiger partial charge in [-0.3, -0.25) is 0 Å². The Kier molecular flexibility index (Phi) is 21.1. The maximum Gasteiger partial charge on any atom is 0.331 e. The number of unbranched alkanes of at least 4 members (excludes halogenated alkanes) is 19. The number of hydrogen-bond acceptors (Lipinski definition) is 5. The Balaban J connectivity index is 1.70. The van der Waals surface area contributed by atoms with E-state index in [2.05, 4.69) is 6.92 Å². The lowest BCUT2D eigenvalue weighted by molar-refractivity contribution is -0.140. The van der Waals surface area contributed by atoms with Gasteiger partial charge in [-0.15, -0.1) is 0 Å². The van der Waals surface area contributed by atoms with Gasteiger partial charge in [0.25, 0.3) is 0 Å². The molecule has 0 aromatic rings. The van der Waals surface area contributed by atoms with Crippen molar-refractivity contribution in [3.05, 3.63) is 12.2 Å². The smallest absolute Gasteiger partial charge is 0.331 e. The fourth-order valence-electron chi connectivity index (χ4n) is 4.10. The molecule has 1 saturated heterocycles. The molecular weight excluding hydrogens is 428 g/mol. The lowest BCUT2D eigenvalue weighted by Gasteiger charge is -2.04. The predicted octanol–water partition coefficient (Wildman–Crippen LogP) is 7.85. The number of hydrogen-bond donors (Lipinski definition) is 0. The van der Waals surface area contributed by atoms with E-state index >= 15 is 0 Å². The van der Waals surface area contributed by atoms with Crippen molar-refractivity contribution in [2.45, 2.75) is 141 Å². The van der Waals surface area contributed by atoms with E-state index in [1.165, 1.54) is 116 Å². The first-order chi connectivity index (χ1) is 16.7. The van der Waals surface area contributed by atoms with Crippen LogP contribution in [0.15, 0.2) is 12.2 Å². The molecule has 0 aromatic carbocycles. The van der Waals surface area contributed by atoms with Gasteiger partial charge in [0.2, 0.25) is 0 Å². The average molecular weight is 481 g/mol.